The molecule has 2 fully saturated rings. The second kappa shape index (κ2) is 8.14. The van der Waals surface area contributed by atoms with E-state index >= 15 is 0 Å². The van der Waals surface area contributed by atoms with Crippen LogP contribution in [0.25, 0.3) is 21.5 Å². The Morgan fingerprint density at radius 3 is 2.47 bits per heavy atom. The molecule has 0 atom stereocenters. The van der Waals surface area contributed by atoms with Crippen LogP contribution in [0, 0.1) is 12.8 Å². The highest BCUT2D eigenvalue weighted by Crippen LogP contribution is 2.42. The summed E-state index contributed by atoms with van der Waals surface area (Å²) in [5, 5.41) is 1.27. The van der Waals surface area contributed by atoms with Crippen LogP contribution in [0.4, 0.5) is 5.95 Å². The molecule has 5 nitrogen and oxygen atoms in total. The van der Waals surface area contributed by atoms with Crippen molar-refractivity contribution in [3.63, 3.8) is 0 Å². The van der Waals surface area contributed by atoms with E-state index in [0.717, 1.165) is 74.8 Å². The number of hydrogen-bond donors (Lipinski definition) is 0. The third-order valence-corrected chi connectivity index (χ3v) is 8.61. The molecule has 0 spiro atoms. The monoisotopic (exact) mass is 446 g/mol. The molecule has 0 bridgehead atoms. The fourth-order valence-corrected chi connectivity index (χ4v) is 6.82. The molecular formula is C26H30N4OS. The molecule has 4 heterocycles. The van der Waals surface area contributed by atoms with E-state index in [0.29, 0.717) is 5.91 Å². The molecule has 0 N–H and O–H groups in total. The summed E-state index contributed by atoms with van der Waals surface area (Å²) in [5.41, 5.74) is 5.00. The van der Waals surface area contributed by atoms with E-state index in [1.54, 1.807) is 0 Å². The molecule has 32 heavy (non-hydrogen) atoms. The smallest absolute Gasteiger partial charge is 0.227 e. The SMILES string of the molecule is Cc1ccc(-c2nc(N3CCC(C(=O)N4CCCC4)CC3)nc3sc4c(c23)CCC4)cc1. The van der Waals surface area contributed by atoms with Crippen LogP contribution in [0.15, 0.2) is 24.3 Å². The molecule has 1 aromatic carbocycles. The zero-order valence-corrected chi connectivity index (χ0v) is 19.6. The van der Waals surface area contributed by atoms with E-state index in [-0.39, 0.29) is 5.92 Å². The van der Waals surface area contributed by atoms with Gasteiger partial charge in [-0.15, -0.1) is 11.3 Å². The summed E-state index contributed by atoms with van der Waals surface area (Å²) in [5.74, 6) is 1.36. The Kier molecular flexibility index (Phi) is 5.13. The van der Waals surface area contributed by atoms with Gasteiger partial charge in [-0.3, -0.25) is 4.79 Å². The summed E-state index contributed by atoms with van der Waals surface area (Å²) >= 11 is 1.86. The minimum atomic E-state index is 0.162. The Bertz CT molecular complexity index is 1150. The highest BCUT2D eigenvalue weighted by molar-refractivity contribution is 7.19. The molecule has 0 unspecified atom stereocenters. The summed E-state index contributed by atoms with van der Waals surface area (Å²) < 4.78 is 0. The Hall–Kier alpha value is -2.47. The van der Waals surface area contributed by atoms with Gasteiger partial charge in [0.2, 0.25) is 11.9 Å². The van der Waals surface area contributed by atoms with Crippen molar-refractivity contribution in [2.75, 3.05) is 31.1 Å². The first-order valence-electron chi connectivity index (χ1n) is 12.1. The highest BCUT2D eigenvalue weighted by Gasteiger charge is 2.31. The van der Waals surface area contributed by atoms with E-state index < -0.39 is 0 Å². The number of hydrogen-bond acceptors (Lipinski definition) is 5. The maximum absolute atomic E-state index is 12.8. The summed E-state index contributed by atoms with van der Waals surface area (Å²) in [6.45, 7) is 5.73. The molecule has 1 aliphatic carbocycles. The van der Waals surface area contributed by atoms with E-state index in [9.17, 15) is 4.79 Å². The zero-order chi connectivity index (χ0) is 21.7. The van der Waals surface area contributed by atoms with Gasteiger partial charge in [0.15, 0.2) is 0 Å². The van der Waals surface area contributed by atoms with Crippen LogP contribution < -0.4 is 4.90 Å². The average molecular weight is 447 g/mol. The molecular weight excluding hydrogens is 416 g/mol. The van der Waals surface area contributed by atoms with E-state index in [1.165, 1.54) is 39.8 Å². The van der Waals surface area contributed by atoms with Crippen molar-refractivity contribution >= 4 is 33.4 Å². The normalized spacial score (nSPS) is 19.2. The predicted molar refractivity (Wildman–Crippen MR) is 130 cm³/mol. The Morgan fingerprint density at radius 2 is 1.72 bits per heavy atom. The molecule has 2 aromatic heterocycles. The van der Waals surface area contributed by atoms with Crippen LogP contribution in [-0.2, 0) is 17.6 Å². The fourth-order valence-electron chi connectivity index (χ4n) is 5.57. The van der Waals surface area contributed by atoms with E-state index in [4.69, 9.17) is 9.97 Å². The van der Waals surface area contributed by atoms with Crippen molar-refractivity contribution in [3.05, 3.63) is 40.3 Å². The highest BCUT2D eigenvalue weighted by atomic mass is 32.1. The van der Waals surface area contributed by atoms with Gasteiger partial charge in [0.05, 0.1) is 5.69 Å². The van der Waals surface area contributed by atoms with Gasteiger partial charge >= 0.3 is 0 Å². The van der Waals surface area contributed by atoms with Gasteiger partial charge in [0.25, 0.3) is 0 Å². The first-order chi connectivity index (χ1) is 15.7. The molecule has 0 radical (unpaired) electrons. The number of piperidine rings is 1. The maximum atomic E-state index is 12.8. The van der Waals surface area contributed by atoms with Crippen molar-refractivity contribution < 1.29 is 4.79 Å². The minimum Gasteiger partial charge on any atom is -0.342 e. The molecule has 1 amide bonds. The molecule has 166 valence electrons. The number of fused-ring (bicyclic) bond motifs is 3. The first-order valence-corrected chi connectivity index (χ1v) is 12.9. The van der Waals surface area contributed by atoms with Crippen molar-refractivity contribution in [2.45, 2.75) is 51.9 Å². The molecule has 0 saturated carbocycles. The minimum absolute atomic E-state index is 0.162. The fraction of sp³-hybridized carbons (Fsp3) is 0.500. The topological polar surface area (TPSA) is 49.3 Å². The van der Waals surface area contributed by atoms with Crippen LogP contribution in [-0.4, -0.2) is 47.0 Å². The van der Waals surface area contributed by atoms with Gasteiger partial charge in [-0.05, 0) is 57.4 Å². The van der Waals surface area contributed by atoms with Gasteiger partial charge in [-0.2, -0.15) is 0 Å². The zero-order valence-electron chi connectivity index (χ0n) is 18.8. The summed E-state index contributed by atoms with van der Waals surface area (Å²) in [4.78, 5) is 30.0. The average Bonchev–Trinajstić information content (AvgIpc) is 3.56. The molecule has 3 aliphatic rings. The summed E-state index contributed by atoms with van der Waals surface area (Å²) in [6.07, 6.45) is 7.67. The number of benzene rings is 1. The first kappa shape index (κ1) is 20.2. The lowest BCUT2D eigenvalue weighted by molar-refractivity contribution is -0.135. The standard InChI is InChI=1S/C26H30N4OS/c1-17-7-9-18(10-8-17)23-22-20-5-4-6-21(20)32-24(22)28-26(27-23)30-15-11-19(12-16-30)25(31)29-13-2-3-14-29/h7-10,19H,2-6,11-16H2,1H3. The Labute approximate surface area is 193 Å². The van der Waals surface area contributed by atoms with Crippen LogP contribution in [0.2, 0.25) is 0 Å². The largest absolute Gasteiger partial charge is 0.342 e. The molecule has 2 saturated heterocycles. The lowest BCUT2D eigenvalue weighted by atomic mass is 9.95. The van der Waals surface area contributed by atoms with Gasteiger partial charge in [0.1, 0.15) is 4.83 Å². The lowest BCUT2D eigenvalue weighted by Gasteiger charge is -2.33. The number of amides is 1. The third-order valence-electron chi connectivity index (χ3n) is 7.42. The van der Waals surface area contributed by atoms with Crippen LogP contribution in [0.5, 0.6) is 0 Å². The molecule has 6 rings (SSSR count). The number of anilines is 1. The summed E-state index contributed by atoms with van der Waals surface area (Å²) in [6, 6.07) is 8.73. The second-order valence-electron chi connectivity index (χ2n) is 9.57. The van der Waals surface area contributed by atoms with Crippen molar-refractivity contribution in [1.29, 1.82) is 0 Å². The molecule has 2 aliphatic heterocycles. The van der Waals surface area contributed by atoms with Gasteiger partial charge in [-0.1, -0.05) is 29.8 Å². The number of aromatic nitrogens is 2. The maximum Gasteiger partial charge on any atom is 0.227 e. The predicted octanol–water partition coefficient (Wildman–Crippen LogP) is 4.99. The number of thiophene rings is 1. The van der Waals surface area contributed by atoms with Gasteiger partial charge in [-0.25, -0.2) is 9.97 Å². The van der Waals surface area contributed by atoms with Crippen LogP contribution >= 0.6 is 11.3 Å². The number of nitrogens with zero attached hydrogens (tertiary/aromatic N) is 4. The third kappa shape index (κ3) is 3.49. The number of likely N-dealkylation sites (tertiary alicyclic amines) is 1. The summed E-state index contributed by atoms with van der Waals surface area (Å²) in [7, 11) is 0. The van der Waals surface area contributed by atoms with Gasteiger partial charge < -0.3 is 9.80 Å². The van der Waals surface area contributed by atoms with E-state index in [1.807, 2.05) is 11.3 Å². The number of aryl methyl sites for hydroxylation is 3. The Balaban J connectivity index is 1.31. The number of rotatable bonds is 3. The van der Waals surface area contributed by atoms with Crippen molar-refractivity contribution in [3.8, 4) is 11.3 Å². The molecule has 6 heteroatoms. The Morgan fingerprint density at radius 1 is 0.969 bits per heavy atom. The number of carbonyl (C=O) groups is 1. The van der Waals surface area contributed by atoms with Gasteiger partial charge in [0, 0.05) is 47.9 Å². The van der Waals surface area contributed by atoms with E-state index in [2.05, 4.69) is 41.0 Å². The lowest BCUT2D eigenvalue weighted by Crippen LogP contribution is -2.42. The van der Waals surface area contributed by atoms with Crippen molar-refractivity contribution in [2.24, 2.45) is 5.92 Å². The second-order valence-corrected chi connectivity index (χ2v) is 10.7. The van der Waals surface area contributed by atoms with Crippen LogP contribution in [0.1, 0.15) is 48.1 Å². The molecule has 3 aromatic rings. The van der Waals surface area contributed by atoms with Crippen LogP contribution in [0.3, 0.4) is 0 Å². The quantitative estimate of drug-likeness (QED) is 0.568. The number of carbonyl (C=O) groups excluding carboxylic acids is 1. The van der Waals surface area contributed by atoms with Crippen molar-refractivity contribution in [1.82, 2.24) is 14.9 Å².